The number of hydrogen-bond acceptors (Lipinski definition) is 9. The van der Waals surface area contributed by atoms with Gasteiger partial charge in [0.25, 0.3) is 0 Å². The zero-order chi connectivity index (χ0) is 23.1. The van der Waals surface area contributed by atoms with Crippen molar-refractivity contribution in [3.05, 3.63) is 0 Å². The van der Waals surface area contributed by atoms with Gasteiger partial charge in [-0.05, 0) is 55.4 Å². The highest BCUT2D eigenvalue weighted by Crippen LogP contribution is 2.20. The summed E-state index contributed by atoms with van der Waals surface area (Å²) in [6.45, 7) is 15.0. The van der Waals surface area contributed by atoms with Gasteiger partial charge < -0.3 is 24.7 Å². The van der Waals surface area contributed by atoms with Crippen LogP contribution in [0.5, 0.6) is 0 Å². The summed E-state index contributed by atoms with van der Waals surface area (Å²) >= 11 is 4.17. The van der Waals surface area contributed by atoms with Crippen LogP contribution in [0.25, 0.3) is 0 Å². The maximum Gasteiger partial charge on any atom is 0.321 e. The van der Waals surface area contributed by atoms with E-state index in [1.54, 1.807) is 34.6 Å². The molecule has 8 nitrogen and oxygen atoms in total. The van der Waals surface area contributed by atoms with Gasteiger partial charge in [0.05, 0.1) is 25.2 Å². The molecule has 2 atom stereocenters. The number of ether oxygens (including phenoxy) is 4. The molecule has 0 bridgehead atoms. The molecule has 0 aliphatic heterocycles. The van der Waals surface area contributed by atoms with Crippen LogP contribution in [0, 0.1) is 0 Å². The van der Waals surface area contributed by atoms with E-state index in [1.165, 1.54) is 0 Å². The highest BCUT2D eigenvalue weighted by molar-refractivity contribution is 7.81. The van der Waals surface area contributed by atoms with Gasteiger partial charge >= 0.3 is 11.9 Å². The Labute approximate surface area is 180 Å². The van der Waals surface area contributed by atoms with Crippen molar-refractivity contribution < 1.29 is 28.5 Å². The molecule has 4 N–H and O–H groups in total. The van der Waals surface area contributed by atoms with Gasteiger partial charge in [-0.1, -0.05) is 0 Å². The number of carbonyl (C=O) groups is 2. The topological polar surface area (TPSA) is 123 Å². The molecule has 0 aliphatic rings. The van der Waals surface area contributed by atoms with E-state index < -0.39 is 34.2 Å². The first-order chi connectivity index (χ1) is 12.8. The number of thiol groups is 1. The molecule has 0 aromatic carbocycles. The first-order valence-corrected chi connectivity index (χ1v) is 10.3. The third-order valence-electron chi connectivity index (χ3n) is 3.67. The second kappa shape index (κ2) is 10.9. The Morgan fingerprint density at radius 1 is 0.862 bits per heavy atom. The van der Waals surface area contributed by atoms with Crippen LogP contribution in [0.15, 0.2) is 0 Å². The maximum atomic E-state index is 12.2. The number of rotatable bonds is 12. The molecule has 0 saturated carbocycles. The van der Waals surface area contributed by atoms with E-state index in [9.17, 15) is 9.59 Å². The molecule has 0 heterocycles. The molecule has 0 rings (SSSR count). The molecule has 9 heteroatoms. The SMILES string of the molecule is CC(C)(C)OCCC(C)(N)OC(=O)C(S)CC(=O)OC(C)(C)CCOC(C)(C)N. The van der Waals surface area contributed by atoms with E-state index in [0.29, 0.717) is 26.1 Å². The van der Waals surface area contributed by atoms with E-state index >= 15 is 0 Å². The van der Waals surface area contributed by atoms with Gasteiger partial charge in [-0.2, -0.15) is 12.6 Å². The van der Waals surface area contributed by atoms with E-state index in [4.69, 9.17) is 30.4 Å². The highest BCUT2D eigenvalue weighted by atomic mass is 32.1. The van der Waals surface area contributed by atoms with Crippen LogP contribution >= 0.6 is 12.6 Å². The fraction of sp³-hybridized carbons (Fsp3) is 0.900. The van der Waals surface area contributed by atoms with Crippen molar-refractivity contribution in [2.75, 3.05) is 13.2 Å². The standard InChI is InChI=1S/C20H40N2O6S/c1-17(2,3)25-12-10-20(8,22)28-16(24)14(29)13-15(23)27-18(4,5)9-11-26-19(6,7)21/h14,29H,9-13,21-22H2,1-8H3. The molecule has 0 fully saturated rings. The molecule has 0 aliphatic carbocycles. The predicted octanol–water partition coefficient (Wildman–Crippen LogP) is 2.52. The molecule has 29 heavy (non-hydrogen) atoms. The first kappa shape index (κ1) is 28.1. The Bertz CT molecular complexity index is 538. The summed E-state index contributed by atoms with van der Waals surface area (Å²) in [7, 11) is 0. The summed E-state index contributed by atoms with van der Waals surface area (Å²) in [5.41, 5.74) is 8.70. The number of esters is 2. The lowest BCUT2D eigenvalue weighted by Crippen LogP contribution is -2.45. The van der Waals surface area contributed by atoms with Crippen molar-refractivity contribution in [3.8, 4) is 0 Å². The largest absolute Gasteiger partial charge is 0.460 e. The Morgan fingerprint density at radius 3 is 1.86 bits per heavy atom. The zero-order valence-corrected chi connectivity index (χ0v) is 20.1. The predicted molar refractivity (Wildman–Crippen MR) is 115 cm³/mol. The average molecular weight is 437 g/mol. The number of hydrogen-bond donors (Lipinski definition) is 3. The molecule has 0 aromatic heterocycles. The second-order valence-corrected chi connectivity index (χ2v) is 10.2. The number of carbonyl (C=O) groups excluding carboxylic acids is 2. The lowest BCUT2D eigenvalue weighted by Gasteiger charge is -2.29. The molecule has 172 valence electrons. The monoisotopic (exact) mass is 436 g/mol. The minimum Gasteiger partial charge on any atom is -0.460 e. The third kappa shape index (κ3) is 15.6. The summed E-state index contributed by atoms with van der Waals surface area (Å²) in [6, 6.07) is 0. The zero-order valence-electron chi connectivity index (χ0n) is 19.2. The smallest absolute Gasteiger partial charge is 0.321 e. The lowest BCUT2D eigenvalue weighted by atomic mass is 10.1. The molecule has 0 radical (unpaired) electrons. The molecule has 2 unspecified atom stereocenters. The Kier molecular flexibility index (Phi) is 10.6. The van der Waals surface area contributed by atoms with Crippen LogP contribution in [0.2, 0.25) is 0 Å². The van der Waals surface area contributed by atoms with Gasteiger partial charge in [0.15, 0.2) is 5.72 Å². The quantitative estimate of drug-likeness (QED) is 0.242. The van der Waals surface area contributed by atoms with Crippen molar-refractivity contribution in [2.24, 2.45) is 11.5 Å². The molecular formula is C20H40N2O6S. The fourth-order valence-electron chi connectivity index (χ4n) is 2.11. The molecular weight excluding hydrogens is 396 g/mol. The number of nitrogens with two attached hydrogens (primary N) is 2. The van der Waals surface area contributed by atoms with Crippen molar-refractivity contribution >= 4 is 24.6 Å². The van der Waals surface area contributed by atoms with E-state index in [1.807, 2.05) is 20.8 Å². The maximum absolute atomic E-state index is 12.2. The molecule has 0 spiro atoms. The van der Waals surface area contributed by atoms with Crippen LogP contribution < -0.4 is 11.5 Å². The molecule has 0 amide bonds. The van der Waals surface area contributed by atoms with Gasteiger partial charge in [0, 0.05) is 12.8 Å². The van der Waals surface area contributed by atoms with Gasteiger partial charge in [-0.3, -0.25) is 15.3 Å². The van der Waals surface area contributed by atoms with Crippen LogP contribution in [-0.2, 0) is 28.5 Å². The van der Waals surface area contributed by atoms with Crippen LogP contribution in [0.4, 0.5) is 0 Å². The Hall–Kier alpha value is -0.870. The van der Waals surface area contributed by atoms with Gasteiger partial charge in [-0.15, -0.1) is 0 Å². The van der Waals surface area contributed by atoms with Crippen molar-refractivity contribution in [3.63, 3.8) is 0 Å². The van der Waals surface area contributed by atoms with E-state index in [0.717, 1.165) is 0 Å². The summed E-state index contributed by atoms with van der Waals surface area (Å²) in [5.74, 6) is -1.24. The lowest BCUT2D eigenvalue weighted by molar-refractivity contribution is -0.166. The third-order valence-corrected chi connectivity index (χ3v) is 4.06. The van der Waals surface area contributed by atoms with Gasteiger partial charge in [0.1, 0.15) is 16.6 Å². The van der Waals surface area contributed by atoms with Gasteiger partial charge in [-0.25, -0.2) is 0 Å². The van der Waals surface area contributed by atoms with Gasteiger partial charge in [0.2, 0.25) is 0 Å². The second-order valence-electron chi connectivity index (χ2n) is 9.60. The summed E-state index contributed by atoms with van der Waals surface area (Å²) in [6.07, 6.45) is 0.532. The summed E-state index contributed by atoms with van der Waals surface area (Å²) in [4.78, 5) is 24.4. The molecule has 0 aromatic rings. The summed E-state index contributed by atoms with van der Waals surface area (Å²) < 4.78 is 21.8. The van der Waals surface area contributed by atoms with Crippen LogP contribution in [0.1, 0.15) is 74.7 Å². The first-order valence-electron chi connectivity index (χ1n) is 9.80. The minimum absolute atomic E-state index is 0.233. The van der Waals surface area contributed by atoms with Crippen molar-refractivity contribution in [1.82, 2.24) is 0 Å². The van der Waals surface area contributed by atoms with Crippen molar-refractivity contribution in [1.29, 1.82) is 0 Å². The fourth-order valence-corrected chi connectivity index (χ4v) is 2.31. The normalized spacial score (nSPS) is 16.1. The van der Waals surface area contributed by atoms with E-state index in [2.05, 4.69) is 12.6 Å². The van der Waals surface area contributed by atoms with Crippen LogP contribution in [-0.4, -0.2) is 53.1 Å². The minimum atomic E-state index is -1.22. The van der Waals surface area contributed by atoms with Crippen LogP contribution in [0.3, 0.4) is 0 Å². The summed E-state index contributed by atoms with van der Waals surface area (Å²) in [5, 5.41) is -0.982. The highest BCUT2D eigenvalue weighted by Gasteiger charge is 2.31. The Morgan fingerprint density at radius 2 is 1.38 bits per heavy atom. The average Bonchev–Trinajstić information content (AvgIpc) is 2.41. The molecule has 0 saturated heterocycles. The Balaban J connectivity index is 4.46. The van der Waals surface area contributed by atoms with E-state index in [-0.39, 0.29) is 12.0 Å². The van der Waals surface area contributed by atoms with Crippen molar-refractivity contribution in [2.45, 2.75) is 103 Å².